The first-order valence-electron chi connectivity index (χ1n) is 7.99. The van der Waals surface area contributed by atoms with Crippen molar-refractivity contribution in [2.75, 3.05) is 31.1 Å². The first-order valence-corrected chi connectivity index (χ1v) is 8.80. The second kappa shape index (κ2) is 6.24. The van der Waals surface area contributed by atoms with Gasteiger partial charge in [-0.1, -0.05) is 24.3 Å². The molecule has 0 unspecified atom stereocenters. The Morgan fingerprint density at radius 2 is 1.95 bits per heavy atom. The van der Waals surface area contributed by atoms with Crippen LogP contribution in [0.2, 0.25) is 0 Å². The molecule has 4 nitrogen and oxygen atoms in total. The van der Waals surface area contributed by atoms with Crippen LogP contribution in [-0.2, 0) is 4.79 Å². The summed E-state index contributed by atoms with van der Waals surface area (Å²) in [5.74, 6) is 0.290. The van der Waals surface area contributed by atoms with E-state index in [9.17, 15) is 4.79 Å². The summed E-state index contributed by atoms with van der Waals surface area (Å²) in [7, 11) is 0. The molecule has 0 N–H and O–H groups in total. The van der Waals surface area contributed by atoms with Crippen LogP contribution >= 0.6 is 11.3 Å². The summed E-state index contributed by atoms with van der Waals surface area (Å²) in [6.45, 7) is 9.71. The molecule has 0 radical (unpaired) electrons. The van der Waals surface area contributed by atoms with Crippen molar-refractivity contribution in [1.82, 2.24) is 9.88 Å². The molecule has 0 atom stereocenters. The molecule has 1 amide bonds. The average molecular weight is 317 g/mol. The molecule has 1 aromatic heterocycles. The van der Waals surface area contributed by atoms with Crippen molar-refractivity contribution >= 4 is 32.6 Å². The summed E-state index contributed by atoms with van der Waals surface area (Å²) in [4.78, 5) is 21.1. The quantitative estimate of drug-likeness (QED) is 0.871. The van der Waals surface area contributed by atoms with Gasteiger partial charge in [-0.2, -0.15) is 0 Å². The Morgan fingerprint density at radius 1 is 1.23 bits per heavy atom. The van der Waals surface area contributed by atoms with Crippen LogP contribution in [0.1, 0.15) is 30.9 Å². The van der Waals surface area contributed by atoms with E-state index in [1.165, 1.54) is 15.8 Å². The van der Waals surface area contributed by atoms with E-state index in [1.807, 2.05) is 4.90 Å². The largest absolute Gasteiger partial charge is 0.345 e. The molecule has 0 spiro atoms. The predicted octanol–water partition coefficient (Wildman–Crippen LogP) is 3.36. The molecule has 1 aromatic carbocycles. The number of benzene rings is 1. The van der Waals surface area contributed by atoms with Crippen molar-refractivity contribution in [3.05, 3.63) is 23.3 Å². The molecule has 1 aliphatic rings. The van der Waals surface area contributed by atoms with Crippen molar-refractivity contribution in [3.63, 3.8) is 0 Å². The molecule has 0 aliphatic carbocycles. The minimum Gasteiger partial charge on any atom is -0.345 e. The Balaban J connectivity index is 1.74. The third kappa shape index (κ3) is 2.95. The average Bonchev–Trinajstić information content (AvgIpc) is 2.92. The van der Waals surface area contributed by atoms with E-state index in [0.717, 1.165) is 43.2 Å². The second-order valence-electron chi connectivity index (χ2n) is 6.04. The maximum absolute atomic E-state index is 12.0. The second-order valence-corrected chi connectivity index (χ2v) is 7.02. The van der Waals surface area contributed by atoms with Crippen LogP contribution in [0.25, 0.3) is 10.2 Å². The van der Waals surface area contributed by atoms with Crippen LogP contribution in [0.3, 0.4) is 0 Å². The van der Waals surface area contributed by atoms with Crippen molar-refractivity contribution in [3.8, 4) is 0 Å². The fraction of sp³-hybridized carbons (Fsp3) is 0.529. The van der Waals surface area contributed by atoms with Crippen molar-refractivity contribution in [2.45, 2.75) is 33.6 Å². The number of carbonyl (C=O) groups is 1. The maximum Gasteiger partial charge on any atom is 0.222 e. The third-order valence-electron chi connectivity index (χ3n) is 4.18. The lowest BCUT2D eigenvalue weighted by atomic mass is 10.1. The van der Waals surface area contributed by atoms with Crippen molar-refractivity contribution in [2.24, 2.45) is 0 Å². The molecule has 1 fully saturated rings. The van der Waals surface area contributed by atoms with Gasteiger partial charge in [0, 0.05) is 32.6 Å². The molecular formula is C17H23N3OS. The number of hydrogen-bond acceptors (Lipinski definition) is 4. The lowest BCUT2D eigenvalue weighted by Crippen LogP contribution is -2.48. The number of aryl methyl sites for hydroxylation is 2. The first kappa shape index (κ1) is 15.3. The van der Waals surface area contributed by atoms with Gasteiger partial charge in [-0.05, 0) is 37.5 Å². The molecule has 118 valence electrons. The van der Waals surface area contributed by atoms with E-state index in [2.05, 4.69) is 37.8 Å². The fourth-order valence-corrected chi connectivity index (χ4v) is 4.09. The Bertz CT molecular complexity index is 687. The number of anilines is 1. The van der Waals surface area contributed by atoms with Gasteiger partial charge < -0.3 is 9.80 Å². The number of nitrogens with zero attached hydrogens (tertiary/aromatic N) is 3. The Morgan fingerprint density at radius 3 is 2.64 bits per heavy atom. The predicted molar refractivity (Wildman–Crippen MR) is 92.8 cm³/mol. The topological polar surface area (TPSA) is 36.4 Å². The lowest BCUT2D eigenvalue weighted by Gasteiger charge is -2.34. The number of thiazole rings is 1. The number of carbonyl (C=O) groups excluding carboxylic acids is 1. The van der Waals surface area contributed by atoms with Crippen LogP contribution in [0.5, 0.6) is 0 Å². The van der Waals surface area contributed by atoms with Crippen LogP contribution in [-0.4, -0.2) is 42.0 Å². The standard InChI is InChI=1S/C17H23N3OS/c1-4-5-15(21)19-6-8-20(9-7-19)17-18-14-11-12(2)10-13(3)16(14)22-17/h10-11H,4-9H2,1-3H3. The number of aromatic nitrogens is 1. The van der Waals surface area contributed by atoms with E-state index in [-0.39, 0.29) is 5.91 Å². The summed E-state index contributed by atoms with van der Waals surface area (Å²) in [5.41, 5.74) is 3.66. The van der Waals surface area contributed by atoms with Gasteiger partial charge in [0.2, 0.25) is 5.91 Å². The molecule has 22 heavy (non-hydrogen) atoms. The molecule has 3 rings (SSSR count). The fourth-order valence-electron chi connectivity index (χ4n) is 3.02. The van der Waals surface area contributed by atoms with Gasteiger partial charge in [-0.25, -0.2) is 4.98 Å². The monoisotopic (exact) mass is 317 g/mol. The van der Waals surface area contributed by atoms with Gasteiger partial charge in [0.15, 0.2) is 5.13 Å². The summed E-state index contributed by atoms with van der Waals surface area (Å²) >= 11 is 1.77. The van der Waals surface area contributed by atoms with E-state index in [1.54, 1.807) is 11.3 Å². The molecule has 1 aliphatic heterocycles. The molecular weight excluding hydrogens is 294 g/mol. The summed E-state index contributed by atoms with van der Waals surface area (Å²) < 4.78 is 1.28. The Labute approximate surface area is 135 Å². The molecule has 0 bridgehead atoms. The van der Waals surface area contributed by atoms with Crippen LogP contribution < -0.4 is 4.90 Å². The highest BCUT2D eigenvalue weighted by Gasteiger charge is 2.22. The van der Waals surface area contributed by atoms with E-state index < -0.39 is 0 Å². The van der Waals surface area contributed by atoms with Crippen LogP contribution in [0, 0.1) is 13.8 Å². The van der Waals surface area contributed by atoms with Crippen LogP contribution in [0.15, 0.2) is 12.1 Å². The molecule has 5 heteroatoms. The highest BCUT2D eigenvalue weighted by atomic mass is 32.1. The number of hydrogen-bond donors (Lipinski definition) is 0. The molecule has 2 heterocycles. The molecule has 0 saturated carbocycles. The van der Waals surface area contributed by atoms with Gasteiger partial charge in [0.05, 0.1) is 10.2 Å². The number of fused-ring (bicyclic) bond motifs is 1. The SMILES string of the molecule is CCCC(=O)N1CCN(c2nc3cc(C)cc(C)c3s2)CC1. The highest BCUT2D eigenvalue weighted by Crippen LogP contribution is 2.32. The highest BCUT2D eigenvalue weighted by molar-refractivity contribution is 7.22. The van der Waals surface area contributed by atoms with Crippen molar-refractivity contribution < 1.29 is 4.79 Å². The van der Waals surface area contributed by atoms with Gasteiger partial charge in [0.1, 0.15) is 0 Å². The van der Waals surface area contributed by atoms with Crippen LogP contribution in [0.4, 0.5) is 5.13 Å². The summed E-state index contributed by atoms with van der Waals surface area (Å²) in [6, 6.07) is 4.37. The zero-order valence-corrected chi connectivity index (χ0v) is 14.4. The van der Waals surface area contributed by atoms with Gasteiger partial charge >= 0.3 is 0 Å². The van der Waals surface area contributed by atoms with E-state index in [0.29, 0.717) is 6.42 Å². The zero-order valence-electron chi connectivity index (χ0n) is 13.6. The normalized spacial score (nSPS) is 15.6. The number of amides is 1. The molecule has 2 aromatic rings. The molecule has 1 saturated heterocycles. The van der Waals surface area contributed by atoms with E-state index in [4.69, 9.17) is 4.98 Å². The Hall–Kier alpha value is -1.62. The van der Waals surface area contributed by atoms with Gasteiger partial charge in [-0.3, -0.25) is 4.79 Å². The first-order chi connectivity index (χ1) is 10.6. The third-order valence-corrected chi connectivity index (χ3v) is 5.44. The maximum atomic E-state index is 12.0. The summed E-state index contributed by atoms with van der Waals surface area (Å²) in [5, 5.41) is 1.09. The number of rotatable bonds is 3. The zero-order chi connectivity index (χ0) is 15.7. The van der Waals surface area contributed by atoms with Crippen molar-refractivity contribution in [1.29, 1.82) is 0 Å². The minimum atomic E-state index is 0.290. The summed E-state index contributed by atoms with van der Waals surface area (Å²) in [6.07, 6.45) is 1.59. The Kier molecular flexibility index (Phi) is 4.34. The van der Waals surface area contributed by atoms with Gasteiger partial charge in [-0.15, -0.1) is 0 Å². The lowest BCUT2D eigenvalue weighted by molar-refractivity contribution is -0.131. The minimum absolute atomic E-state index is 0.290. The van der Waals surface area contributed by atoms with Gasteiger partial charge in [0.25, 0.3) is 0 Å². The van der Waals surface area contributed by atoms with E-state index >= 15 is 0 Å². The number of piperazine rings is 1. The smallest absolute Gasteiger partial charge is 0.222 e.